The van der Waals surface area contributed by atoms with Gasteiger partial charge in [0, 0.05) is 19.3 Å². The zero-order valence-corrected chi connectivity index (χ0v) is 46.8. The molecule has 0 aromatic carbocycles. The Morgan fingerprint density at radius 2 is 0.557 bits per heavy atom. The molecule has 0 spiro atoms. The summed E-state index contributed by atoms with van der Waals surface area (Å²) in [5, 5.41) is 0. The summed E-state index contributed by atoms with van der Waals surface area (Å²) in [5.74, 6) is -0.885. The van der Waals surface area contributed by atoms with Crippen LogP contribution in [0.5, 0.6) is 0 Å². The lowest BCUT2D eigenvalue weighted by Crippen LogP contribution is -2.30. The average Bonchev–Trinajstić information content (AvgIpc) is 3.36. The lowest BCUT2D eigenvalue weighted by atomic mass is 10.0. The minimum absolute atomic E-state index is 0.0757. The molecule has 0 saturated heterocycles. The number of hydrogen-bond acceptors (Lipinski definition) is 6. The van der Waals surface area contributed by atoms with E-state index in [9.17, 15) is 14.4 Å². The summed E-state index contributed by atoms with van der Waals surface area (Å²) in [6.07, 6.45) is 73.0. The molecule has 0 amide bonds. The third kappa shape index (κ3) is 56.3. The monoisotopic (exact) mass is 981 g/mol. The molecule has 0 saturated carbocycles. The molecule has 0 radical (unpaired) electrons. The summed E-state index contributed by atoms with van der Waals surface area (Å²) in [4.78, 5) is 37.9. The van der Waals surface area contributed by atoms with Gasteiger partial charge in [-0.05, 0) is 57.8 Å². The first-order valence-corrected chi connectivity index (χ1v) is 30.6. The van der Waals surface area contributed by atoms with Crippen molar-refractivity contribution < 1.29 is 28.6 Å². The quantitative estimate of drug-likeness (QED) is 0.0261. The SMILES string of the molecule is CC/C=C\C/C=C\C/C=C\C/C=C\CCCCCCCCC(=O)OC(COC(=O)CCCCCCCC)COC(=O)CCCCCCCCCCCCCCCCCCCCCCCCCCCCC. The van der Waals surface area contributed by atoms with Gasteiger partial charge in [-0.1, -0.05) is 294 Å². The van der Waals surface area contributed by atoms with Gasteiger partial charge in [0.1, 0.15) is 13.2 Å². The van der Waals surface area contributed by atoms with Crippen LogP contribution in [0, 0.1) is 0 Å². The van der Waals surface area contributed by atoms with E-state index in [4.69, 9.17) is 14.2 Å². The molecule has 6 heteroatoms. The molecular weight excluding hydrogens is 865 g/mol. The summed E-state index contributed by atoms with van der Waals surface area (Å²) < 4.78 is 16.8. The predicted octanol–water partition coefficient (Wildman–Crippen LogP) is 20.6. The maximum absolute atomic E-state index is 12.8. The molecule has 1 unspecified atom stereocenters. The molecule has 0 aliphatic heterocycles. The van der Waals surface area contributed by atoms with Gasteiger partial charge in [-0.2, -0.15) is 0 Å². The minimum Gasteiger partial charge on any atom is -0.462 e. The maximum atomic E-state index is 12.8. The molecular formula is C64H116O6. The highest BCUT2D eigenvalue weighted by Crippen LogP contribution is 2.17. The lowest BCUT2D eigenvalue weighted by molar-refractivity contribution is -0.167. The Hall–Kier alpha value is -2.63. The van der Waals surface area contributed by atoms with E-state index < -0.39 is 6.10 Å². The number of ether oxygens (including phenoxy) is 3. The normalized spacial score (nSPS) is 12.3. The highest BCUT2D eigenvalue weighted by atomic mass is 16.6. The van der Waals surface area contributed by atoms with Crippen LogP contribution in [0.2, 0.25) is 0 Å². The summed E-state index contributed by atoms with van der Waals surface area (Å²) in [5.41, 5.74) is 0. The maximum Gasteiger partial charge on any atom is 0.306 e. The van der Waals surface area contributed by atoms with Crippen molar-refractivity contribution in [3.63, 3.8) is 0 Å². The molecule has 0 aliphatic carbocycles. The Morgan fingerprint density at radius 3 is 0.871 bits per heavy atom. The molecule has 6 nitrogen and oxygen atoms in total. The van der Waals surface area contributed by atoms with Crippen LogP contribution < -0.4 is 0 Å². The van der Waals surface area contributed by atoms with Crippen LogP contribution in [0.25, 0.3) is 0 Å². The fraction of sp³-hybridized carbons (Fsp3) is 0.828. The van der Waals surface area contributed by atoms with E-state index in [1.165, 1.54) is 186 Å². The molecule has 0 N–H and O–H groups in total. The first-order chi connectivity index (χ1) is 34.5. The standard InChI is InChI=1S/C64H116O6/c1-4-7-10-13-16-18-20-22-24-26-28-29-30-31-32-33-34-35-37-38-40-42-44-46-48-51-54-57-63(66)69-60-61(59-68-62(65)56-53-50-15-12-9-6-3)70-64(67)58-55-52-49-47-45-43-41-39-36-27-25-23-21-19-17-14-11-8-5-2/h8,11,17,19,23,25,36,39,61H,4-7,9-10,12-16,18,20-22,24,26-35,37-38,40-60H2,1-3H3/b11-8-,19-17-,25-23-,39-36-. The van der Waals surface area contributed by atoms with Gasteiger partial charge in [0.05, 0.1) is 0 Å². The Bertz CT molecular complexity index is 1220. The molecule has 70 heavy (non-hydrogen) atoms. The van der Waals surface area contributed by atoms with Crippen LogP contribution in [0.3, 0.4) is 0 Å². The fourth-order valence-corrected chi connectivity index (χ4v) is 9.02. The molecule has 1 atom stereocenters. The molecule has 0 rings (SSSR count). The van der Waals surface area contributed by atoms with Crippen LogP contribution in [0.1, 0.15) is 323 Å². The second-order valence-corrected chi connectivity index (χ2v) is 20.6. The summed E-state index contributed by atoms with van der Waals surface area (Å²) in [7, 11) is 0. The molecule has 0 heterocycles. The molecule has 0 bridgehead atoms. The van der Waals surface area contributed by atoms with E-state index in [0.29, 0.717) is 19.3 Å². The van der Waals surface area contributed by atoms with Gasteiger partial charge in [-0.25, -0.2) is 0 Å². The highest BCUT2D eigenvalue weighted by molar-refractivity contribution is 5.71. The van der Waals surface area contributed by atoms with Crippen molar-refractivity contribution in [1.29, 1.82) is 0 Å². The number of carbonyl (C=O) groups excluding carboxylic acids is 3. The molecule has 0 aromatic rings. The van der Waals surface area contributed by atoms with Crippen LogP contribution in [-0.4, -0.2) is 37.2 Å². The number of allylic oxidation sites excluding steroid dienone is 8. The third-order valence-electron chi connectivity index (χ3n) is 13.6. The topological polar surface area (TPSA) is 78.9 Å². The van der Waals surface area contributed by atoms with Crippen molar-refractivity contribution in [2.45, 2.75) is 329 Å². The van der Waals surface area contributed by atoms with Gasteiger partial charge in [0.25, 0.3) is 0 Å². The van der Waals surface area contributed by atoms with Crippen molar-refractivity contribution >= 4 is 17.9 Å². The fourth-order valence-electron chi connectivity index (χ4n) is 9.02. The largest absolute Gasteiger partial charge is 0.462 e. The highest BCUT2D eigenvalue weighted by Gasteiger charge is 2.19. The smallest absolute Gasteiger partial charge is 0.306 e. The third-order valence-corrected chi connectivity index (χ3v) is 13.6. The van der Waals surface area contributed by atoms with Crippen LogP contribution in [0.15, 0.2) is 48.6 Å². The number of rotatable bonds is 56. The Kier molecular flexibility index (Phi) is 56.7. The van der Waals surface area contributed by atoms with Crippen LogP contribution >= 0.6 is 0 Å². The van der Waals surface area contributed by atoms with Crippen molar-refractivity contribution in [3.8, 4) is 0 Å². The van der Waals surface area contributed by atoms with E-state index in [0.717, 1.165) is 96.3 Å². The van der Waals surface area contributed by atoms with Gasteiger partial charge in [-0.3, -0.25) is 14.4 Å². The predicted molar refractivity (Wildman–Crippen MR) is 302 cm³/mol. The summed E-state index contributed by atoms with van der Waals surface area (Å²) in [6, 6.07) is 0. The Morgan fingerprint density at radius 1 is 0.300 bits per heavy atom. The van der Waals surface area contributed by atoms with Gasteiger partial charge < -0.3 is 14.2 Å². The van der Waals surface area contributed by atoms with E-state index in [2.05, 4.69) is 69.4 Å². The van der Waals surface area contributed by atoms with Crippen LogP contribution in [0.4, 0.5) is 0 Å². The van der Waals surface area contributed by atoms with Crippen LogP contribution in [-0.2, 0) is 28.6 Å². The van der Waals surface area contributed by atoms with Gasteiger partial charge in [-0.15, -0.1) is 0 Å². The van der Waals surface area contributed by atoms with Crippen molar-refractivity contribution in [3.05, 3.63) is 48.6 Å². The first-order valence-electron chi connectivity index (χ1n) is 30.6. The van der Waals surface area contributed by atoms with E-state index in [-0.39, 0.29) is 31.1 Å². The van der Waals surface area contributed by atoms with E-state index in [1.54, 1.807) is 0 Å². The van der Waals surface area contributed by atoms with E-state index in [1.807, 2.05) is 0 Å². The molecule has 0 aromatic heterocycles. The molecule has 408 valence electrons. The van der Waals surface area contributed by atoms with Crippen molar-refractivity contribution in [1.82, 2.24) is 0 Å². The van der Waals surface area contributed by atoms with Gasteiger partial charge in [0.15, 0.2) is 6.10 Å². The van der Waals surface area contributed by atoms with Gasteiger partial charge in [0.2, 0.25) is 0 Å². The summed E-state index contributed by atoms with van der Waals surface area (Å²) in [6.45, 7) is 6.50. The number of unbranched alkanes of at least 4 members (excludes halogenated alkanes) is 37. The summed E-state index contributed by atoms with van der Waals surface area (Å²) >= 11 is 0. The Balaban J connectivity index is 4.05. The number of carbonyl (C=O) groups is 3. The second-order valence-electron chi connectivity index (χ2n) is 20.6. The Labute approximate surface area is 435 Å². The molecule has 0 fully saturated rings. The first kappa shape index (κ1) is 67.4. The average molecular weight is 982 g/mol. The molecule has 0 aliphatic rings. The van der Waals surface area contributed by atoms with Crippen molar-refractivity contribution in [2.24, 2.45) is 0 Å². The van der Waals surface area contributed by atoms with Gasteiger partial charge >= 0.3 is 17.9 Å². The number of esters is 3. The second kappa shape index (κ2) is 58.9. The zero-order valence-electron chi connectivity index (χ0n) is 46.8. The van der Waals surface area contributed by atoms with Crippen molar-refractivity contribution in [2.75, 3.05) is 13.2 Å². The minimum atomic E-state index is -0.776. The van der Waals surface area contributed by atoms with E-state index >= 15 is 0 Å². The zero-order chi connectivity index (χ0) is 50.7. The lowest BCUT2D eigenvalue weighted by Gasteiger charge is -2.18. The number of hydrogen-bond donors (Lipinski definition) is 0.